The molecule has 336 valence electrons. The van der Waals surface area contributed by atoms with Crippen molar-refractivity contribution in [1.82, 2.24) is 0 Å². The summed E-state index contributed by atoms with van der Waals surface area (Å²) in [5.41, 5.74) is 0. The fraction of sp³-hybridized carbons (Fsp3) is 0.780. The van der Waals surface area contributed by atoms with Crippen molar-refractivity contribution in [3.05, 3.63) is 48.6 Å². The summed E-state index contributed by atoms with van der Waals surface area (Å²) in [5.74, 6) is -1.48. The van der Waals surface area contributed by atoms with Crippen molar-refractivity contribution in [2.45, 2.75) is 212 Å². The molecule has 0 heterocycles. The molecule has 0 fully saturated rings. The molecule has 0 aliphatic carbocycles. The van der Waals surface area contributed by atoms with Gasteiger partial charge in [0.05, 0.1) is 34.4 Å². The highest BCUT2D eigenvalue weighted by Crippen LogP contribution is 2.15. The minimum absolute atomic E-state index is 0.0553. The minimum atomic E-state index is -0.877. The number of likely N-dealkylation sites (N-methyl/N-ethyl adjacent to an activating group) is 1. The molecule has 8 heteroatoms. The number of nitrogens with zero attached hydrogens (tertiary/aromatic N) is 1. The molecule has 0 saturated heterocycles. The normalized spacial score (nSPS) is 13.3. The second kappa shape index (κ2) is 41.0. The third-order valence-corrected chi connectivity index (χ3v) is 10.5. The average molecular weight is 817 g/mol. The van der Waals surface area contributed by atoms with Gasteiger partial charge in [-0.1, -0.05) is 178 Å². The van der Waals surface area contributed by atoms with Crippen LogP contribution in [0.3, 0.4) is 0 Å². The van der Waals surface area contributed by atoms with Crippen LogP contribution in [0, 0.1) is 0 Å². The van der Waals surface area contributed by atoms with Crippen molar-refractivity contribution < 1.29 is 38.2 Å². The molecule has 0 bridgehead atoms. The number of allylic oxidation sites excluding steroid dienone is 8. The molecule has 0 aromatic carbocycles. The largest absolute Gasteiger partial charge is 0.477 e. The Morgan fingerprint density at radius 2 is 0.966 bits per heavy atom. The number of hydrogen-bond donors (Lipinski definition) is 1. The number of quaternary nitrogens is 1. The maximum atomic E-state index is 12.8. The van der Waals surface area contributed by atoms with E-state index in [1.54, 1.807) is 0 Å². The molecule has 0 aromatic rings. The summed E-state index contributed by atoms with van der Waals surface area (Å²) >= 11 is 0. The fourth-order valence-electron chi connectivity index (χ4n) is 6.85. The number of aliphatic carboxylic acids is 1. The number of carbonyl (C=O) groups is 3. The zero-order chi connectivity index (χ0) is 42.8. The molecule has 0 amide bonds. The second-order valence-electron chi connectivity index (χ2n) is 17.0. The SMILES string of the molecule is CC/C=C\C/C=C\C/C=C\C/C=C\CCCCCCCCC(=O)OC(COCCC(C(=O)O)[N+](C)(C)C)COC(=O)CCCCCCCCCCCCCCCCC. The predicted molar refractivity (Wildman–Crippen MR) is 243 cm³/mol. The lowest BCUT2D eigenvalue weighted by Gasteiger charge is -2.31. The van der Waals surface area contributed by atoms with E-state index in [1.807, 2.05) is 21.1 Å². The second-order valence-corrected chi connectivity index (χ2v) is 17.0. The predicted octanol–water partition coefficient (Wildman–Crippen LogP) is 13.2. The van der Waals surface area contributed by atoms with E-state index in [0.717, 1.165) is 77.0 Å². The molecular weight excluding hydrogens is 727 g/mol. The number of hydrogen-bond acceptors (Lipinski definition) is 6. The van der Waals surface area contributed by atoms with Gasteiger partial charge in [0.2, 0.25) is 0 Å². The van der Waals surface area contributed by atoms with Gasteiger partial charge in [0.25, 0.3) is 0 Å². The van der Waals surface area contributed by atoms with Crippen molar-refractivity contribution in [3.63, 3.8) is 0 Å². The van der Waals surface area contributed by atoms with Crippen molar-refractivity contribution in [2.75, 3.05) is 41.0 Å². The average Bonchev–Trinajstić information content (AvgIpc) is 3.18. The number of carboxylic acids is 1. The molecule has 0 spiro atoms. The standard InChI is InChI=1S/C50H89NO7/c1-6-8-10-12-14-16-18-20-22-23-24-25-27-29-31-33-35-37-39-41-49(53)58-46(44-56-43-42-47(50(54)55)51(3,4)5)45-57-48(52)40-38-36-34-32-30-28-26-21-19-17-15-13-11-9-7-2/h8,10,14,16,20,22,24-25,46-47H,6-7,9,11-13,15,17-19,21,23,26-45H2,1-5H3/p+1/b10-8-,16-14-,22-20-,25-24-. The lowest BCUT2D eigenvalue weighted by Crippen LogP contribution is -2.50. The summed E-state index contributed by atoms with van der Waals surface area (Å²) in [7, 11) is 5.53. The van der Waals surface area contributed by atoms with Gasteiger partial charge in [0.15, 0.2) is 12.1 Å². The molecule has 0 saturated carbocycles. The smallest absolute Gasteiger partial charge is 0.362 e. The van der Waals surface area contributed by atoms with E-state index in [4.69, 9.17) is 14.2 Å². The van der Waals surface area contributed by atoms with Crippen LogP contribution in [-0.4, -0.2) is 80.6 Å². The van der Waals surface area contributed by atoms with Gasteiger partial charge in [-0.15, -0.1) is 0 Å². The van der Waals surface area contributed by atoms with Crippen LogP contribution in [0.25, 0.3) is 0 Å². The minimum Gasteiger partial charge on any atom is -0.477 e. The van der Waals surface area contributed by atoms with E-state index in [1.165, 1.54) is 89.9 Å². The van der Waals surface area contributed by atoms with Crippen molar-refractivity contribution >= 4 is 17.9 Å². The number of ether oxygens (including phenoxy) is 3. The highest BCUT2D eigenvalue weighted by molar-refractivity contribution is 5.72. The Morgan fingerprint density at radius 1 is 0.534 bits per heavy atom. The van der Waals surface area contributed by atoms with Crippen LogP contribution in [0.4, 0.5) is 0 Å². The molecule has 0 aromatic heterocycles. The Hall–Kier alpha value is -2.71. The molecule has 0 aliphatic rings. The van der Waals surface area contributed by atoms with Crippen LogP contribution >= 0.6 is 0 Å². The summed E-state index contributed by atoms with van der Waals surface area (Å²) in [6, 6.07) is -0.617. The van der Waals surface area contributed by atoms with Gasteiger partial charge in [-0.25, -0.2) is 4.79 Å². The first-order valence-corrected chi connectivity index (χ1v) is 23.7. The molecular formula is C50H90NO7+. The Morgan fingerprint density at radius 3 is 1.43 bits per heavy atom. The van der Waals surface area contributed by atoms with E-state index in [9.17, 15) is 19.5 Å². The molecule has 58 heavy (non-hydrogen) atoms. The van der Waals surface area contributed by atoms with Gasteiger partial charge >= 0.3 is 17.9 Å². The lowest BCUT2D eigenvalue weighted by molar-refractivity contribution is -0.887. The highest BCUT2D eigenvalue weighted by Gasteiger charge is 2.31. The first-order chi connectivity index (χ1) is 28.1. The summed E-state index contributed by atoms with van der Waals surface area (Å²) in [6.45, 7) is 4.62. The Bertz CT molecular complexity index is 1090. The molecule has 0 aliphatic heterocycles. The van der Waals surface area contributed by atoms with Crippen LogP contribution < -0.4 is 0 Å². The maximum absolute atomic E-state index is 12.8. The number of carboxylic acid groups (broad SMARTS) is 1. The van der Waals surface area contributed by atoms with Gasteiger partial charge < -0.3 is 23.8 Å². The molecule has 2 atom stereocenters. The first kappa shape index (κ1) is 55.3. The molecule has 8 nitrogen and oxygen atoms in total. The monoisotopic (exact) mass is 817 g/mol. The third-order valence-electron chi connectivity index (χ3n) is 10.5. The number of unbranched alkanes of at least 4 members (excludes halogenated alkanes) is 20. The maximum Gasteiger partial charge on any atom is 0.362 e. The van der Waals surface area contributed by atoms with Crippen LogP contribution in [0.5, 0.6) is 0 Å². The fourth-order valence-corrected chi connectivity index (χ4v) is 6.85. The number of esters is 2. The Balaban J connectivity index is 4.32. The van der Waals surface area contributed by atoms with Crippen molar-refractivity contribution in [2.24, 2.45) is 0 Å². The lowest BCUT2D eigenvalue weighted by atomic mass is 10.0. The zero-order valence-electron chi connectivity index (χ0n) is 38.2. The Kier molecular flexibility index (Phi) is 39.1. The van der Waals surface area contributed by atoms with Gasteiger partial charge in [-0.3, -0.25) is 9.59 Å². The summed E-state index contributed by atoms with van der Waals surface area (Å²) in [4.78, 5) is 37.1. The quantitative estimate of drug-likeness (QED) is 0.0283. The van der Waals surface area contributed by atoms with Crippen molar-refractivity contribution in [1.29, 1.82) is 0 Å². The van der Waals surface area contributed by atoms with E-state index in [0.29, 0.717) is 19.3 Å². The summed E-state index contributed by atoms with van der Waals surface area (Å²) in [6.07, 6.45) is 48.6. The third kappa shape index (κ3) is 38.8. The van der Waals surface area contributed by atoms with E-state index in [-0.39, 0.29) is 36.2 Å². The number of rotatable bonds is 42. The summed E-state index contributed by atoms with van der Waals surface area (Å²) < 4.78 is 17.3. The van der Waals surface area contributed by atoms with E-state index < -0.39 is 18.1 Å². The van der Waals surface area contributed by atoms with Crippen LogP contribution in [0.1, 0.15) is 200 Å². The Labute approximate surface area is 356 Å². The van der Waals surface area contributed by atoms with Crippen LogP contribution in [-0.2, 0) is 28.6 Å². The van der Waals surface area contributed by atoms with Crippen LogP contribution in [0.2, 0.25) is 0 Å². The van der Waals surface area contributed by atoms with Gasteiger partial charge in [0, 0.05) is 19.3 Å². The molecule has 0 radical (unpaired) electrons. The van der Waals surface area contributed by atoms with E-state index in [2.05, 4.69) is 62.5 Å². The molecule has 0 rings (SSSR count). The van der Waals surface area contributed by atoms with Gasteiger partial charge in [-0.2, -0.15) is 0 Å². The molecule has 2 unspecified atom stereocenters. The van der Waals surface area contributed by atoms with Gasteiger partial charge in [-0.05, 0) is 51.4 Å². The first-order valence-electron chi connectivity index (χ1n) is 23.7. The zero-order valence-corrected chi connectivity index (χ0v) is 38.2. The highest BCUT2D eigenvalue weighted by atomic mass is 16.6. The topological polar surface area (TPSA) is 99.1 Å². The summed E-state index contributed by atoms with van der Waals surface area (Å²) in [5, 5.41) is 9.63. The van der Waals surface area contributed by atoms with Crippen LogP contribution in [0.15, 0.2) is 48.6 Å². The number of carbonyl (C=O) groups excluding carboxylic acids is 2. The van der Waals surface area contributed by atoms with Crippen molar-refractivity contribution in [3.8, 4) is 0 Å². The molecule has 1 N–H and O–H groups in total. The van der Waals surface area contributed by atoms with Gasteiger partial charge in [0.1, 0.15) is 6.61 Å². The van der Waals surface area contributed by atoms with E-state index >= 15 is 0 Å².